The summed E-state index contributed by atoms with van der Waals surface area (Å²) in [6.07, 6.45) is 1.04. The molecule has 0 saturated carbocycles. The van der Waals surface area contributed by atoms with Crippen LogP contribution in [-0.2, 0) is 20.9 Å². The van der Waals surface area contributed by atoms with Crippen LogP contribution < -0.4 is 10.6 Å². The molecule has 1 saturated heterocycles. The van der Waals surface area contributed by atoms with Crippen LogP contribution in [0.3, 0.4) is 0 Å². The molecule has 0 bridgehead atoms. The quantitative estimate of drug-likeness (QED) is 0.737. The summed E-state index contributed by atoms with van der Waals surface area (Å²) >= 11 is 0. The number of para-hydroxylation sites is 1. The van der Waals surface area contributed by atoms with Crippen LogP contribution in [-0.4, -0.2) is 42.5 Å². The SMILES string of the molecule is O=C(COC(=O)C1CCN(C(=O)Nc2ccccc2)CC1)NCc1ccccc1. The van der Waals surface area contributed by atoms with E-state index in [2.05, 4.69) is 10.6 Å². The number of rotatable bonds is 6. The first kappa shape index (κ1) is 20.4. The predicted molar refractivity (Wildman–Crippen MR) is 109 cm³/mol. The van der Waals surface area contributed by atoms with E-state index in [1.165, 1.54) is 0 Å². The standard InChI is InChI=1S/C22H25N3O4/c26-20(23-15-17-7-3-1-4-8-17)16-29-21(27)18-11-13-25(14-12-18)22(28)24-19-9-5-2-6-10-19/h1-10,18H,11-16H2,(H,23,26)(H,24,28). The van der Waals surface area contributed by atoms with Gasteiger partial charge in [-0.3, -0.25) is 9.59 Å². The fraction of sp³-hybridized carbons (Fsp3) is 0.318. The summed E-state index contributed by atoms with van der Waals surface area (Å²) in [6.45, 7) is 1.05. The number of carbonyl (C=O) groups is 3. The third-order valence-electron chi connectivity index (χ3n) is 4.82. The van der Waals surface area contributed by atoms with Gasteiger partial charge in [-0.25, -0.2) is 4.79 Å². The zero-order valence-corrected chi connectivity index (χ0v) is 16.2. The number of hydrogen-bond acceptors (Lipinski definition) is 4. The first-order valence-corrected chi connectivity index (χ1v) is 9.70. The average molecular weight is 395 g/mol. The first-order valence-electron chi connectivity index (χ1n) is 9.70. The topological polar surface area (TPSA) is 87.7 Å². The van der Waals surface area contributed by atoms with Crippen LogP contribution in [0.5, 0.6) is 0 Å². The van der Waals surface area contributed by atoms with Gasteiger partial charge in [-0.15, -0.1) is 0 Å². The highest BCUT2D eigenvalue weighted by Gasteiger charge is 2.28. The molecule has 1 aliphatic rings. The Morgan fingerprint density at radius 1 is 0.931 bits per heavy atom. The second kappa shape index (κ2) is 10.3. The number of likely N-dealkylation sites (tertiary alicyclic amines) is 1. The van der Waals surface area contributed by atoms with Gasteiger partial charge in [-0.05, 0) is 30.5 Å². The average Bonchev–Trinajstić information content (AvgIpc) is 2.77. The van der Waals surface area contributed by atoms with Gasteiger partial charge < -0.3 is 20.3 Å². The lowest BCUT2D eigenvalue weighted by Crippen LogP contribution is -2.43. The molecule has 2 aromatic carbocycles. The molecule has 0 aliphatic carbocycles. The van der Waals surface area contributed by atoms with E-state index in [1.54, 1.807) is 4.90 Å². The minimum absolute atomic E-state index is 0.177. The number of urea groups is 1. The number of piperidine rings is 1. The molecule has 3 rings (SSSR count). The molecule has 1 heterocycles. The Morgan fingerprint density at radius 3 is 2.21 bits per heavy atom. The number of benzene rings is 2. The van der Waals surface area contributed by atoms with E-state index in [4.69, 9.17) is 4.74 Å². The summed E-state index contributed by atoms with van der Waals surface area (Å²) in [5.41, 5.74) is 1.72. The smallest absolute Gasteiger partial charge is 0.321 e. The molecule has 3 amide bonds. The van der Waals surface area contributed by atoms with E-state index in [0.29, 0.717) is 32.5 Å². The maximum Gasteiger partial charge on any atom is 0.321 e. The van der Waals surface area contributed by atoms with Crippen molar-refractivity contribution >= 4 is 23.6 Å². The second-order valence-corrected chi connectivity index (χ2v) is 6.93. The molecular formula is C22H25N3O4. The predicted octanol–water partition coefficient (Wildman–Crippen LogP) is 2.79. The Morgan fingerprint density at radius 2 is 1.55 bits per heavy atom. The van der Waals surface area contributed by atoms with Crippen molar-refractivity contribution in [1.29, 1.82) is 0 Å². The third kappa shape index (κ3) is 6.34. The van der Waals surface area contributed by atoms with Crippen molar-refractivity contribution in [2.24, 2.45) is 5.92 Å². The van der Waals surface area contributed by atoms with Gasteiger partial charge in [0.25, 0.3) is 5.91 Å². The highest BCUT2D eigenvalue weighted by atomic mass is 16.5. The van der Waals surface area contributed by atoms with Gasteiger partial charge in [-0.1, -0.05) is 48.5 Å². The maximum atomic E-state index is 12.3. The van der Waals surface area contributed by atoms with Crippen LogP contribution in [0.25, 0.3) is 0 Å². The first-order chi connectivity index (χ1) is 14.1. The van der Waals surface area contributed by atoms with Crippen molar-refractivity contribution in [3.8, 4) is 0 Å². The Kier molecular flexibility index (Phi) is 7.22. The molecule has 1 aliphatic heterocycles. The van der Waals surface area contributed by atoms with E-state index in [9.17, 15) is 14.4 Å². The van der Waals surface area contributed by atoms with Gasteiger partial charge in [0.1, 0.15) is 0 Å². The number of nitrogens with zero attached hydrogens (tertiary/aromatic N) is 1. The number of esters is 1. The third-order valence-corrected chi connectivity index (χ3v) is 4.82. The molecule has 29 heavy (non-hydrogen) atoms. The number of ether oxygens (including phenoxy) is 1. The van der Waals surface area contributed by atoms with E-state index in [0.717, 1.165) is 11.3 Å². The molecule has 0 atom stereocenters. The lowest BCUT2D eigenvalue weighted by atomic mass is 9.97. The van der Waals surface area contributed by atoms with Crippen molar-refractivity contribution in [2.75, 3.05) is 25.0 Å². The zero-order chi connectivity index (χ0) is 20.5. The highest BCUT2D eigenvalue weighted by molar-refractivity contribution is 5.89. The fourth-order valence-electron chi connectivity index (χ4n) is 3.14. The highest BCUT2D eigenvalue weighted by Crippen LogP contribution is 2.19. The van der Waals surface area contributed by atoms with Crippen LogP contribution in [0.4, 0.5) is 10.5 Å². The molecule has 0 aromatic heterocycles. The van der Waals surface area contributed by atoms with Crippen molar-refractivity contribution in [3.63, 3.8) is 0 Å². The van der Waals surface area contributed by atoms with E-state index in [-0.39, 0.29) is 30.4 Å². The molecular weight excluding hydrogens is 370 g/mol. The van der Waals surface area contributed by atoms with Crippen LogP contribution in [0.2, 0.25) is 0 Å². The number of anilines is 1. The Bertz CT molecular complexity index is 818. The molecule has 7 nitrogen and oxygen atoms in total. The maximum absolute atomic E-state index is 12.3. The fourth-order valence-corrected chi connectivity index (χ4v) is 3.14. The molecule has 2 N–H and O–H groups in total. The molecule has 2 aromatic rings. The molecule has 0 radical (unpaired) electrons. The summed E-state index contributed by atoms with van der Waals surface area (Å²) < 4.78 is 5.15. The molecule has 152 valence electrons. The number of amides is 3. The Hall–Kier alpha value is -3.35. The number of hydrogen-bond donors (Lipinski definition) is 2. The largest absolute Gasteiger partial charge is 0.455 e. The molecule has 0 unspecified atom stereocenters. The van der Waals surface area contributed by atoms with Crippen molar-refractivity contribution in [1.82, 2.24) is 10.2 Å². The summed E-state index contributed by atoms with van der Waals surface area (Å²) in [7, 11) is 0. The summed E-state index contributed by atoms with van der Waals surface area (Å²) in [5.74, 6) is -1.01. The van der Waals surface area contributed by atoms with Gasteiger partial charge in [0, 0.05) is 25.3 Å². The molecule has 1 fully saturated rings. The van der Waals surface area contributed by atoms with E-state index < -0.39 is 0 Å². The van der Waals surface area contributed by atoms with Crippen LogP contribution in [0.15, 0.2) is 60.7 Å². The Balaban J connectivity index is 1.35. The van der Waals surface area contributed by atoms with Gasteiger partial charge >= 0.3 is 12.0 Å². The van der Waals surface area contributed by atoms with E-state index in [1.807, 2.05) is 60.7 Å². The monoisotopic (exact) mass is 395 g/mol. The minimum Gasteiger partial charge on any atom is -0.455 e. The number of carbonyl (C=O) groups excluding carboxylic acids is 3. The lowest BCUT2D eigenvalue weighted by Gasteiger charge is -2.30. The Labute approximate surface area is 170 Å². The minimum atomic E-state index is -0.386. The van der Waals surface area contributed by atoms with Crippen LogP contribution in [0, 0.1) is 5.92 Å². The normalized spacial score (nSPS) is 14.1. The van der Waals surface area contributed by atoms with Crippen molar-refractivity contribution < 1.29 is 19.1 Å². The summed E-state index contributed by atoms with van der Waals surface area (Å²) in [4.78, 5) is 38.1. The number of nitrogens with one attached hydrogen (secondary N) is 2. The second-order valence-electron chi connectivity index (χ2n) is 6.93. The van der Waals surface area contributed by atoms with Crippen LogP contribution in [0.1, 0.15) is 18.4 Å². The lowest BCUT2D eigenvalue weighted by molar-refractivity contribution is -0.153. The van der Waals surface area contributed by atoms with Gasteiger partial charge in [-0.2, -0.15) is 0 Å². The van der Waals surface area contributed by atoms with Gasteiger partial charge in [0.05, 0.1) is 5.92 Å². The van der Waals surface area contributed by atoms with Crippen molar-refractivity contribution in [2.45, 2.75) is 19.4 Å². The zero-order valence-electron chi connectivity index (χ0n) is 16.2. The van der Waals surface area contributed by atoms with Crippen LogP contribution >= 0.6 is 0 Å². The molecule has 0 spiro atoms. The van der Waals surface area contributed by atoms with Crippen molar-refractivity contribution in [3.05, 3.63) is 66.2 Å². The van der Waals surface area contributed by atoms with Gasteiger partial charge in [0.2, 0.25) is 0 Å². The van der Waals surface area contributed by atoms with Gasteiger partial charge in [0.15, 0.2) is 6.61 Å². The summed E-state index contributed by atoms with van der Waals surface area (Å²) in [5, 5.41) is 5.57. The summed E-state index contributed by atoms with van der Waals surface area (Å²) in [6, 6.07) is 18.6. The molecule has 7 heteroatoms. The van der Waals surface area contributed by atoms with E-state index >= 15 is 0 Å².